The zero-order valence-electron chi connectivity index (χ0n) is 11.4. The lowest BCUT2D eigenvalue weighted by Gasteiger charge is -2.15. The van der Waals surface area contributed by atoms with E-state index >= 15 is 0 Å². The Morgan fingerprint density at radius 1 is 1.20 bits per heavy atom. The zero-order chi connectivity index (χ0) is 14.5. The standard InChI is InChI=1S/C15H16F2N2O/c1-10(15-12(16)4-3-5-13(15)17)18-8-11-6-7-14(20-2)19-9-11/h3-7,9-10,18H,8H2,1-2H3. The van der Waals surface area contributed by atoms with Crippen molar-refractivity contribution < 1.29 is 13.5 Å². The lowest BCUT2D eigenvalue weighted by molar-refractivity contribution is 0.397. The number of methoxy groups -OCH3 is 1. The number of benzene rings is 1. The third kappa shape index (κ3) is 3.30. The topological polar surface area (TPSA) is 34.1 Å². The second-order valence-electron chi connectivity index (χ2n) is 4.45. The molecule has 0 aliphatic rings. The average molecular weight is 278 g/mol. The van der Waals surface area contributed by atoms with E-state index in [1.807, 2.05) is 6.07 Å². The second kappa shape index (κ2) is 6.43. The number of hydrogen-bond acceptors (Lipinski definition) is 3. The molecule has 1 heterocycles. The van der Waals surface area contributed by atoms with Crippen LogP contribution in [0.5, 0.6) is 5.88 Å². The molecule has 0 spiro atoms. The molecule has 0 saturated heterocycles. The molecule has 1 unspecified atom stereocenters. The Balaban J connectivity index is 2.02. The summed E-state index contributed by atoms with van der Waals surface area (Å²) in [5.74, 6) is -0.558. The normalized spacial score (nSPS) is 12.2. The summed E-state index contributed by atoms with van der Waals surface area (Å²) < 4.78 is 32.2. The molecule has 1 aromatic carbocycles. The molecule has 0 fully saturated rings. The first-order valence-corrected chi connectivity index (χ1v) is 6.28. The minimum absolute atomic E-state index is 0.0500. The maximum atomic E-state index is 13.6. The molecule has 0 radical (unpaired) electrons. The average Bonchev–Trinajstić information content (AvgIpc) is 2.45. The van der Waals surface area contributed by atoms with E-state index < -0.39 is 17.7 Å². The smallest absolute Gasteiger partial charge is 0.212 e. The van der Waals surface area contributed by atoms with Crippen molar-refractivity contribution in [2.45, 2.75) is 19.5 Å². The van der Waals surface area contributed by atoms with Crippen molar-refractivity contribution in [2.24, 2.45) is 0 Å². The van der Waals surface area contributed by atoms with Crippen molar-refractivity contribution >= 4 is 0 Å². The third-order valence-electron chi connectivity index (χ3n) is 3.05. The van der Waals surface area contributed by atoms with Gasteiger partial charge >= 0.3 is 0 Å². The molecule has 0 aliphatic carbocycles. The van der Waals surface area contributed by atoms with Crippen LogP contribution in [-0.2, 0) is 6.54 Å². The number of nitrogens with one attached hydrogen (secondary N) is 1. The van der Waals surface area contributed by atoms with Crippen molar-refractivity contribution in [1.82, 2.24) is 10.3 Å². The molecule has 2 aromatic rings. The van der Waals surface area contributed by atoms with Crippen molar-refractivity contribution in [3.8, 4) is 5.88 Å². The van der Waals surface area contributed by atoms with Gasteiger partial charge in [-0.15, -0.1) is 0 Å². The van der Waals surface area contributed by atoms with Crippen LogP contribution < -0.4 is 10.1 Å². The highest BCUT2D eigenvalue weighted by molar-refractivity contribution is 5.23. The predicted molar refractivity (Wildman–Crippen MR) is 72.4 cm³/mol. The van der Waals surface area contributed by atoms with Crippen molar-refractivity contribution in [3.63, 3.8) is 0 Å². The SMILES string of the molecule is COc1ccc(CNC(C)c2c(F)cccc2F)cn1. The summed E-state index contributed by atoms with van der Waals surface area (Å²) in [7, 11) is 1.54. The number of pyridine rings is 1. The van der Waals surface area contributed by atoms with E-state index in [4.69, 9.17) is 4.74 Å². The molecule has 0 saturated carbocycles. The minimum atomic E-state index is -0.544. The van der Waals surface area contributed by atoms with E-state index in [9.17, 15) is 8.78 Å². The largest absolute Gasteiger partial charge is 0.481 e. The first kappa shape index (κ1) is 14.4. The van der Waals surface area contributed by atoms with Crippen LogP contribution in [0.25, 0.3) is 0 Å². The molecule has 0 bridgehead atoms. The van der Waals surface area contributed by atoms with E-state index in [-0.39, 0.29) is 5.56 Å². The summed E-state index contributed by atoms with van der Waals surface area (Å²) in [6.45, 7) is 2.18. The Hall–Kier alpha value is -2.01. The molecule has 1 aromatic heterocycles. The summed E-state index contributed by atoms with van der Waals surface area (Å²) in [5, 5.41) is 3.07. The minimum Gasteiger partial charge on any atom is -0.481 e. The molecule has 106 valence electrons. The highest BCUT2D eigenvalue weighted by Gasteiger charge is 2.15. The maximum Gasteiger partial charge on any atom is 0.212 e. The Kier molecular flexibility index (Phi) is 4.63. The van der Waals surface area contributed by atoms with Crippen LogP contribution in [0.15, 0.2) is 36.5 Å². The Morgan fingerprint density at radius 2 is 1.90 bits per heavy atom. The summed E-state index contributed by atoms with van der Waals surface area (Å²) in [4.78, 5) is 4.07. The van der Waals surface area contributed by atoms with Crippen LogP contribution in [-0.4, -0.2) is 12.1 Å². The van der Waals surface area contributed by atoms with Crippen molar-refractivity contribution in [3.05, 3.63) is 59.3 Å². The van der Waals surface area contributed by atoms with Gasteiger partial charge in [0.1, 0.15) is 11.6 Å². The lowest BCUT2D eigenvalue weighted by atomic mass is 10.1. The quantitative estimate of drug-likeness (QED) is 0.912. The van der Waals surface area contributed by atoms with E-state index in [0.29, 0.717) is 12.4 Å². The van der Waals surface area contributed by atoms with Gasteiger partial charge in [-0.1, -0.05) is 12.1 Å². The summed E-state index contributed by atoms with van der Waals surface area (Å²) in [6.07, 6.45) is 1.66. The van der Waals surface area contributed by atoms with Crippen LogP contribution in [0, 0.1) is 11.6 Å². The van der Waals surface area contributed by atoms with Crippen LogP contribution in [0.2, 0.25) is 0 Å². The maximum absolute atomic E-state index is 13.6. The van der Waals surface area contributed by atoms with Gasteiger partial charge in [-0.05, 0) is 24.6 Å². The monoisotopic (exact) mass is 278 g/mol. The number of nitrogens with zero attached hydrogens (tertiary/aromatic N) is 1. The third-order valence-corrected chi connectivity index (χ3v) is 3.05. The fourth-order valence-corrected chi connectivity index (χ4v) is 1.93. The van der Waals surface area contributed by atoms with E-state index in [0.717, 1.165) is 5.56 Å². The van der Waals surface area contributed by atoms with Gasteiger partial charge < -0.3 is 10.1 Å². The molecule has 3 nitrogen and oxygen atoms in total. The Bertz CT molecular complexity index is 552. The van der Waals surface area contributed by atoms with Gasteiger partial charge in [-0.3, -0.25) is 0 Å². The van der Waals surface area contributed by atoms with Gasteiger partial charge in [0, 0.05) is 30.4 Å². The van der Waals surface area contributed by atoms with Crippen LogP contribution in [0.4, 0.5) is 8.78 Å². The summed E-state index contributed by atoms with van der Waals surface area (Å²) in [5.41, 5.74) is 0.961. The molecular weight excluding hydrogens is 262 g/mol. The van der Waals surface area contributed by atoms with Crippen molar-refractivity contribution in [1.29, 1.82) is 0 Å². The van der Waals surface area contributed by atoms with Gasteiger partial charge in [0.2, 0.25) is 5.88 Å². The van der Waals surface area contributed by atoms with Crippen molar-refractivity contribution in [2.75, 3.05) is 7.11 Å². The summed E-state index contributed by atoms with van der Waals surface area (Å²) >= 11 is 0. The van der Waals surface area contributed by atoms with Crippen LogP contribution >= 0.6 is 0 Å². The fourth-order valence-electron chi connectivity index (χ4n) is 1.93. The molecule has 0 amide bonds. The number of aromatic nitrogens is 1. The molecule has 1 atom stereocenters. The van der Waals surface area contributed by atoms with Gasteiger partial charge in [0.05, 0.1) is 7.11 Å². The summed E-state index contributed by atoms with van der Waals surface area (Å²) in [6, 6.07) is 7.03. The van der Waals surface area contributed by atoms with Crippen LogP contribution in [0.1, 0.15) is 24.1 Å². The second-order valence-corrected chi connectivity index (χ2v) is 4.45. The number of hydrogen-bond donors (Lipinski definition) is 1. The number of ether oxygens (including phenoxy) is 1. The molecule has 20 heavy (non-hydrogen) atoms. The molecular formula is C15H16F2N2O. The van der Waals surface area contributed by atoms with Gasteiger partial charge in [0.25, 0.3) is 0 Å². The highest BCUT2D eigenvalue weighted by Crippen LogP contribution is 2.20. The lowest BCUT2D eigenvalue weighted by Crippen LogP contribution is -2.20. The molecule has 2 rings (SSSR count). The highest BCUT2D eigenvalue weighted by atomic mass is 19.1. The van der Waals surface area contributed by atoms with Gasteiger partial charge in [0.15, 0.2) is 0 Å². The Labute approximate surface area is 116 Å². The van der Waals surface area contributed by atoms with E-state index in [2.05, 4.69) is 10.3 Å². The van der Waals surface area contributed by atoms with Gasteiger partial charge in [-0.25, -0.2) is 13.8 Å². The van der Waals surface area contributed by atoms with Gasteiger partial charge in [-0.2, -0.15) is 0 Å². The van der Waals surface area contributed by atoms with E-state index in [1.165, 1.54) is 18.2 Å². The Morgan fingerprint density at radius 3 is 2.45 bits per heavy atom. The number of rotatable bonds is 5. The predicted octanol–water partition coefficient (Wildman–Crippen LogP) is 3.22. The fraction of sp³-hybridized carbons (Fsp3) is 0.267. The molecule has 0 aliphatic heterocycles. The molecule has 1 N–H and O–H groups in total. The first-order chi connectivity index (χ1) is 9.61. The number of halogens is 2. The van der Waals surface area contributed by atoms with Crippen LogP contribution in [0.3, 0.4) is 0 Å². The molecule has 5 heteroatoms. The first-order valence-electron chi connectivity index (χ1n) is 6.28. The van der Waals surface area contributed by atoms with E-state index in [1.54, 1.807) is 26.3 Å². The zero-order valence-corrected chi connectivity index (χ0v) is 11.4.